The predicted molar refractivity (Wildman–Crippen MR) is 45.1 cm³/mol. The molecule has 0 saturated carbocycles. The molecule has 0 aliphatic carbocycles. The number of hydrogen-bond donors (Lipinski definition) is 0. The summed E-state index contributed by atoms with van der Waals surface area (Å²) in [4.78, 5) is 0. The summed E-state index contributed by atoms with van der Waals surface area (Å²) in [6.45, 7) is 0.346. The first-order chi connectivity index (χ1) is 5.91. The molecular weight excluding hydrogens is 200 g/mol. The van der Waals surface area contributed by atoms with Gasteiger partial charge in [0.05, 0.1) is 6.26 Å². The first-order valence-corrected chi connectivity index (χ1v) is 5.99. The molecule has 1 atom stereocenters. The van der Waals surface area contributed by atoms with Gasteiger partial charge in [0.1, 0.15) is 0 Å². The predicted octanol–water partition coefficient (Wildman–Crippen LogP) is 0.923. The third kappa shape index (κ3) is 2.87. The monoisotopic (exact) mass is 213 g/mol. The van der Waals surface area contributed by atoms with Gasteiger partial charge in [-0.3, -0.25) is 0 Å². The van der Waals surface area contributed by atoms with Crippen molar-refractivity contribution in [2.24, 2.45) is 5.92 Å². The maximum absolute atomic E-state index is 12.3. The maximum atomic E-state index is 12.3. The molecule has 0 aromatic carbocycles. The van der Waals surface area contributed by atoms with E-state index < -0.39 is 22.4 Å². The Morgan fingerprint density at radius 1 is 1.46 bits per heavy atom. The summed E-state index contributed by atoms with van der Waals surface area (Å²) in [5.74, 6) is -0.788. The zero-order valence-corrected chi connectivity index (χ0v) is 8.23. The molecule has 0 amide bonds. The van der Waals surface area contributed by atoms with Crippen LogP contribution in [-0.4, -0.2) is 38.5 Å². The lowest BCUT2D eigenvalue weighted by Gasteiger charge is -2.30. The number of alkyl halides is 2. The zero-order chi connectivity index (χ0) is 10.1. The van der Waals surface area contributed by atoms with Crippen LogP contribution in [-0.2, 0) is 10.0 Å². The van der Waals surface area contributed by atoms with E-state index in [0.29, 0.717) is 19.4 Å². The second-order valence-electron chi connectivity index (χ2n) is 3.36. The summed E-state index contributed by atoms with van der Waals surface area (Å²) >= 11 is 0. The van der Waals surface area contributed by atoms with Crippen LogP contribution in [0.15, 0.2) is 0 Å². The molecule has 0 aromatic rings. The molecule has 0 radical (unpaired) electrons. The summed E-state index contributed by atoms with van der Waals surface area (Å²) in [7, 11) is -3.29. The smallest absolute Gasteiger partial charge is 0.213 e. The fourth-order valence-electron chi connectivity index (χ4n) is 1.48. The highest BCUT2D eigenvalue weighted by atomic mass is 32.2. The van der Waals surface area contributed by atoms with Crippen molar-refractivity contribution in [3.63, 3.8) is 0 Å². The van der Waals surface area contributed by atoms with E-state index in [1.807, 2.05) is 0 Å². The van der Waals surface area contributed by atoms with E-state index in [2.05, 4.69) is 0 Å². The van der Waals surface area contributed by atoms with Crippen LogP contribution in [0.4, 0.5) is 8.78 Å². The fourth-order valence-corrected chi connectivity index (χ4v) is 2.40. The molecule has 1 heterocycles. The first-order valence-electron chi connectivity index (χ1n) is 4.14. The minimum atomic E-state index is -3.29. The highest BCUT2D eigenvalue weighted by Gasteiger charge is 2.30. The van der Waals surface area contributed by atoms with Crippen LogP contribution in [0, 0.1) is 5.92 Å². The van der Waals surface area contributed by atoms with Crippen LogP contribution in [0.2, 0.25) is 0 Å². The van der Waals surface area contributed by atoms with E-state index in [-0.39, 0.29) is 6.54 Å². The topological polar surface area (TPSA) is 37.4 Å². The Balaban J connectivity index is 2.62. The third-order valence-electron chi connectivity index (χ3n) is 2.25. The highest BCUT2D eigenvalue weighted by molar-refractivity contribution is 7.88. The fraction of sp³-hybridized carbons (Fsp3) is 1.00. The number of piperidine rings is 1. The normalized spacial score (nSPS) is 26.6. The van der Waals surface area contributed by atoms with Gasteiger partial charge in [-0.25, -0.2) is 21.5 Å². The Kier molecular flexibility index (Phi) is 3.23. The van der Waals surface area contributed by atoms with Crippen molar-refractivity contribution >= 4 is 10.0 Å². The number of halogens is 2. The zero-order valence-electron chi connectivity index (χ0n) is 7.41. The maximum Gasteiger partial charge on any atom is 0.242 e. The Morgan fingerprint density at radius 3 is 2.54 bits per heavy atom. The van der Waals surface area contributed by atoms with E-state index in [9.17, 15) is 17.2 Å². The van der Waals surface area contributed by atoms with Crippen molar-refractivity contribution in [3.05, 3.63) is 0 Å². The molecule has 1 rings (SSSR count). The van der Waals surface area contributed by atoms with Crippen molar-refractivity contribution in [2.75, 3.05) is 19.3 Å². The number of rotatable bonds is 2. The van der Waals surface area contributed by atoms with Crippen LogP contribution >= 0.6 is 0 Å². The average molecular weight is 213 g/mol. The molecule has 3 nitrogen and oxygen atoms in total. The molecule has 0 aromatic heterocycles. The Bertz CT molecular complexity index is 266. The van der Waals surface area contributed by atoms with Gasteiger partial charge in [-0.2, -0.15) is 0 Å². The lowest BCUT2D eigenvalue weighted by atomic mass is 10.0. The largest absolute Gasteiger partial charge is 0.242 e. The van der Waals surface area contributed by atoms with Crippen molar-refractivity contribution in [1.29, 1.82) is 0 Å². The first kappa shape index (κ1) is 10.8. The quantitative estimate of drug-likeness (QED) is 0.684. The third-order valence-corrected chi connectivity index (χ3v) is 3.52. The number of sulfonamides is 1. The molecule has 78 valence electrons. The van der Waals surface area contributed by atoms with E-state index in [1.165, 1.54) is 0 Å². The Labute approximate surface area is 76.8 Å². The summed E-state index contributed by atoms with van der Waals surface area (Å²) in [5.41, 5.74) is 0. The van der Waals surface area contributed by atoms with Gasteiger partial charge in [-0.1, -0.05) is 0 Å². The number of nitrogens with zero attached hydrogens (tertiary/aromatic N) is 1. The second kappa shape index (κ2) is 3.88. The van der Waals surface area contributed by atoms with Gasteiger partial charge in [0.25, 0.3) is 0 Å². The van der Waals surface area contributed by atoms with Gasteiger partial charge in [-0.15, -0.1) is 0 Å². The van der Waals surface area contributed by atoms with E-state index in [1.54, 1.807) is 0 Å². The van der Waals surface area contributed by atoms with Crippen molar-refractivity contribution in [3.8, 4) is 0 Å². The van der Waals surface area contributed by atoms with E-state index >= 15 is 0 Å². The molecule has 0 bridgehead atoms. The minimum absolute atomic E-state index is 0.0312. The van der Waals surface area contributed by atoms with Crippen LogP contribution < -0.4 is 0 Å². The van der Waals surface area contributed by atoms with Gasteiger partial charge < -0.3 is 0 Å². The molecule has 0 spiro atoms. The summed E-state index contributed by atoms with van der Waals surface area (Å²) in [5, 5.41) is 0. The van der Waals surface area contributed by atoms with Gasteiger partial charge in [-0.05, 0) is 12.8 Å². The Hall–Kier alpha value is -0.230. The lowest BCUT2D eigenvalue weighted by molar-refractivity contribution is 0.0473. The molecule has 1 aliphatic rings. The summed E-state index contributed by atoms with van der Waals surface area (Å²) in [6, 6.07) is 0. The van der Waals surface area contributed by atoms with Crippen molar-refractivity contribution < 1.29 is 17.2 Å². The molecule has 6 heteroatoms. The van der Waals surface area contributed by atoms with Crippen LogP contribution in [0.5, 0.6) is 0 Å². The van der Waals surface area contributed by atoms with Gasteiger partial charge in [0.2, 0.25) is 16.4 Å². The van der Waals surface area contributed by atoms with Crippen molar-refractivity contribution in [2.45, 2.75) is 19.3 Å². The molecular formula is C7H13F2NO2S. The summed E-state index contributed by atoms with van der Waals surface area (Å²) < 4.78 is 47.7. The van der Waals surface area contributed by atoms with Gasteiger partial charge in [0, 0.05) is 19.0 Å². The van der Waals surface area contributed by atoms with E-state index in [0.717, 1.165) is 10.6 Å². The molecule has 13 heavy (non-hydrogen) atoms. The highest BCUT2D eigenvalue weighted by Crippen LogP contribution is 2.23. The lowest BCUT2D eigenvalue weighted by Crippen LogP contribution is -2.41. The second-order valence-corrected chi connectivity index (χ2v) is 5.34. The van der Waals surface area contributed by atoms with E-state index in [4.69, 9.17) is 0 Å². The average Bonchev–Trinajstić information content (AvgIpc) is 2.03. The number of hydrogen-bond acceptors (Lipinski definition) is 2. The molecule has 0 N–H and O–H groups in total. The van der Waals surface area contributed by atoms with Gasteiger partial charge in [0.15, 0.2) is 0 Å². The van der Waals surface area contributed by atoms with Crippen molar-refractivity contribution in [1.82, 2.24) is 4.31 Å². The van der Waals surface area contributed by atoms with Gasteiger partial charge >= 0.3 is 0 Å². The van der Waals surface area contributed by atoms with Crippen LogP contribution in [0.3, 0.4) is 0 Å². The molecule has 1 saturated heterocycles. The molecule has 1 aliphatic heterocycles. The van der Waals surface area contributed by atoms with Crippen LogP contribution in [0.25, 0.3) is 0 Å². The standard InChI is InChI=1S/C7H13F2NO2S/c1-13(11,12)10-4-2-3-6(5-10)7(8)9/h6-7H,2-5H2,1H3. The van der Waals surface area contributed by atoms with Crippen LogP contribution in [0.1, 0.15) is 12.8 Å². The minimum Gasteiger partial charge on any atom is -0.213 e. The SMILES string of the molecule is CS(=O)(=O)N1CCCC(C(F)F)C1. The molecule has 1 unspecified atom stereocenters. The summed E-state index contributed by atoms with van der Waals surface area (Å²) in [6.07, 6.45) is -0.406. The Morgan fingerprint density at radius 2 is 2.08 bits per heavy atom. The molecule has 1 fully saturated rings.